The van der Waals surface area contributed by atoms with Gasteiger partial charge in [0, 0.05) is 5.92 Å². The van der Waals surface area contributed by atoms with Crippen molar-refractivity contribution in [3.8, 4) is 11.1 Å². The molecule has 5 rings (SSSR count). The summed E-state index contributed by atoms with van der Waals surface area (Å²) in [4.78, 5) is 13.1. The number of rotatable bonds is 8. The molecule has 1 aromatic heterocycles. The minimum absolute atomic E-state index is 0.0224. The van der Waals surface area contributed by atoms with E-state index in [-0.39, 0.29) is 19.1 Å². The van der Waals surface area contributed by atoms with Gasteiger partial charge in [-0.05, 0) is 59.0 Å². The summed E-state index contributed by atoms with van der Waals surface area (Å²) in [7, 11) is 0. The van der Waals surface area contributed by atoms with Crippen LogP contribution in [0, 0.1) is 0 Å². The lowest BCUT2D eigenvalue weighted by Gasteiger charge is -2.25. The standard InChI is InChI=1S/C29H31N5O3/c1-29(2,3)37-19-26(27-31-32-33-34(27)17-20-11-5-4-6-12-20)30-28(35)36-18-25-23-15-9-7-13-21(23)22-14-8-10-16-24(22)25/h4-16,25-26H,17-19H2,1-3H3,(H,30,35)/t26-/m0/s1. The number of nitrogens with one attached hydrogen (secondary N) is 1. The molecule has 1 atom stereocenters. The van der Waals surface area contributed by atoms with Crippen LogP contribution in [0.15, 0.2) is 78.9 Å². The third-order valence-electron chi connectivity index (χ3n) is 6.37. The largest absolute Gasteiger partial charge is 0.449 e. The third-order valence-corrected chi connectivity index (χ3v) is 6.37. The van der Waals surface area contributed by atoms with Crippen LogP contribution in [0.4, 0.5) is 4.79 Å². The van der Waals surface area contributed by atoms with E-state index in [2.05, 4.69) is 45.1 Å². The highest BCUT2D eigenvalue weighted by atomic mass is 16.5. The van der Waals surface area contributed by atoms with Crippen molar-refractivity contribution in [1.29, 1.82) is 0 Å². The molecule has 0 radical (unpaired) electrons. The molecule has 0 bridgehead atoms. The summed E-state index contributed by atoms with van der Waals surface area (Å²) in [6, 6.07) is 25.8. The number of ether oxygens (including phenoxy) is 2. The van der Waals surface area contributed by atoms with Crippen molar-refractivity contribution in [2.45, 2.75) is 44.9 Å². The van der Waals surface area contributed by atoms with Crippen LogP contribution >= 0.6 is 0 Å². The molecule has 37 heavy (non-hydrogen) atoms. The van der Waals surface area contributed by atoms with Gasteiger partial charge in [-0.2, -0.15) is 0 Å². The number of fused-ring (bicyclic) bond motifs is 3. The van der Waals surface area contributed by atoms with Crippen LogP contribution in [-0.2, 0) is 16.0 Å². The Bertz CT molecular complexity index is 1320. The van der Waals surface area contributed by atoms with Gasteiger partial charge in [0.05, 0.1) is 18.8 Å². The van der Waals surface area contributed by atoms with Gasteiger partial charge in [0.2, 0.25) is 0 Å². The molecule has 0 spiro atoms. The fourth-order valence-electron chi connectivity index (χ4n) is 4.63. The number of carbonyl (C=O) groups is 1. The van der Waals surface area contributed by atoms with Gasteiger partial charge in [-0.25, -0.2) is 9.48 Å². The van der Waals surface area contributed by atoms with E-state index in [4.69, 9.17) is 9.47 Å². The lowest BCUT2D eigenvalue weighted by molar-refractivity contribution is -0.0165. The Morgan fingerprint density at radius 3 is 2.22 bits per heavy atom. The molecule has 1 heterocycles. The molecule has 3 aromatic carbocycles. The zero-order valence-corrected chi connectivity index (χ0v) is 21.3. The maximum atomic E-state index is 13.1. The topological polar surface area (TPSA) is 91.2 Å². The van der Waals surface area contributed by atoms with Gasteiger partial charge >= 0.3 is 6.09 Å². The van der Waals surface area contributed by atoms with E-state index in [1.165, 1.54) is 11.1 Å². The molecule has 1 aliphatic carbocycles. The summed E-state index contributed by atoms with van der Waals surface area (Å²) >= 11 is 0. The fourth-order valence-corrected chi connectivity index (χ4v) is 4.63. The molecule has 0 unspecified atom stereocenters. The van der Waals surface area contributed by atoms with Gasteiger partial charge in [0.1, 0.15) is 12.6 Å². The second-order valence-electron chi connectivity index (χ2n) is 10.1. The van der Waals surface area contributed by atoms with E-state index in [1.807, 2.05) is 75.4 Å². The van der Waals surface area contributed by atoms with Gasteiger partial charge < -0.3 is 14.8 Å². The molecule has 4 aromatic rings. The van der Waals surface area contributed by atoms with Crippen LogP contribution < -0.4 is 5.32 Å². The fraction of sp³-hybridized carbons (Fsp3) is 0.310. The molecule has 0 saturated heterocycles. The van der Waals surface area contributed by atoms with Crippen LogP contribution in [0.3, 0.4) is 0 Å². The van der Waals surface area contributed by atoms with Crippen molar-refractivity contribution in [3.63, 3.8) is 0 Å². The van der Waals surface area contributed by atoms with Crippen LogP contribution in [0.5, 0.6) is 0 Å². The Labute approximate surface area is 216 Å². The first-order chi connectivity index (χ1) is 17.9. The van der Waals surface area contributed by atoms with Crippen molar-refractivity contribution in [1.82, 2.24) is 25.5 Å². The van der Waals surface area contributed by atoms with E-state index in [9.17, 15) is 4.79 Å². The van der Waals surface area contributed by atoms with Crippen LogP contribution in [0.2, 0.25) is 0 Å². The zero-order chi connectivity index (χ0) is 25.8. The van der Waals surface area contributed by atoms with Crippen molar-refractivity contribution < 1.29 is 14.3 Å². The lowest BCUT2D eigenvalue weighted by Crippen LogP contribution is -2.37. The molecule has 1 aliphatic rings. The minimum Gasteiger partial charge on any atom is -0.449 e. The van der Waals surface area contributed by atoms with Crippen LogP contribution in [0.25, 0.3) is 11.1 Å². The predicted octanol–water partition coefficient (Wildman–Crippen LogP) is 5.12. The third kappa shape index (κ3) is 5.70. The highest BCUT2D eigenvalue weighted by Crippen LogP contribution is 2.44. The maximum Gasteiger partial charge on any atom is 0.407 e. The molecule has 0 fully saturated rings. The molecule has 1 amide bonds. The number of carbonyl (C=O) groups excluding carboxylic acids is 1. The maximum absolute atomic E-state index is 13.1. The Kier molecular flexibility index (Phi) is 7.01. The number of amides is 1. The molecule has 8 heteroatoms. The number of benzene rings is 3. The molecule has 8 nitrogen and oxygen atoms in total. The van der Waals surface area contributed by atoms with Gasteiger partial charge in [-0.15, -0.1) is 5.10 Å². The van der Waals surface area contributed by atoms with Gasteiger partial charge in [0.25, 0.3) is 0 Å². The monoisotopic (exact) mass is 497 g/mol. The van der Waals surface area contributed by atoms with Crippen LogP contribution in [-0.4, -0.2) is 45.1 Å². The average Bonchev–Trinajstić information content (AvgIpc) is 3.48. The summed E-state index contributed by atoms with van der Waals surface area (Å²) in [6.45, 7) is 6.78. The number of hydrogen-bond donors (Lipinski definition) is 1. The van der Waals surface area contributed by atoms with E-state index >= 15 is 0 Å². The van der Waals surface area contributed by atoms with E-state index in [0.717, 1.165) is 16.7 Å². The molecule has 0 saturated carbocycles. The van der Waals surface area contributed by atoms with Crippen molar-refractivity contribution >= 4 is 6.09 Å². The quantitative estimate of drug-likeness (QED) is 0.364. The Morgan fingerprint density at radius 1 is 0.946 bits per heavy atom. The number of aromatic nitrogens is 4. The summed E-state index contributed by atoms with van der Waals surface area (Å²) < 4.78 is 13.5. The average molecular weight is 498 g/mol. The first-order valence-corrected chi connectivity index (χ1v) is 12.4. The van der Waals surface area contributed by atoms with Crippen LogP contribution in [0.1, 0.15) is 55.2 Å². The van der Waals surface area contributed by atoms with Crippen molar-refractivity contribution in [2.24, 2.45) is 0 Å². The van der Waals surface area contributed by atoms with Crippen molar-refractivity contribution in [2.75, 3.05) is 13.2 Å². The van der Waals surface area contributed by atoms with E-state index in [0.29, 0.717) is 12.4 Å². The zero-order valence-electron chi connectivity index (χ0n) is 21.3. The number of alkyl carbamates (subject to hydrolysis) is 1. The molecule has 190 valence electrons. The predicted molar refractivity (Wildman–Crippen MR) is 140 cm³/mol. The number of nitrogens with zero attached hydrogens (tertiary/aromatic N) is 4. The van der Waals surface area contributed by atoms with E-state index < -0.39 is 17.7 Å². The highest BCUT2D eigenvalue weighted by Gasteiger charge is 2.30. The molecule has 1 N–H and O–H groups in total. The number of hydrogen-bond acceptors (Lipinski definition) is 6. The second kappa shape index (κ2) is 10.5. The SMILES string of the molecule is CC(C)(C)OC[C@H](NC(=O)OCC1c2ccccc2-c2ccccc21)c1nnnn1Cc1ccccc1. The molecular formula is C29H31N5O3. The minimum atomic E-state index is -0.589. The van der Waals surface area contributed by atoms with Gasteiger partial charge in [-0.1, -0.05) is 78.9 Å². The summed E-state index contributed by atoms with van der Waals surface area (Å²) in [5.74, 6) is 0.479. The smallest absolute Gasteiger partial charge is 0.407 e. The normalized spacial score (nSPS) is 13.6. The van der Waals surface area contributed by atoms with Crippen molar-refractivity contribution in [3.05, 3.63) is 101 Å². The molecule has 0 aliphatic heterocycles. The Morgan fingerprint density at radius 2 is 1.57 bits per heavy atom. The first kappa shape index (κ1) is 24.6. The summed E-state index contributed by atoms with van der Waals surface area (Å²) in [6.07, 6.45) is -0.543. The van der Waals surface area contributed by atoms with Gasteiger partial charge in [0.15, 0.2) is 5.82 Å². The Balaban J connectivity index is 1.31. The summed E-state index contributed by atoms with van der Waals surface area (Å²) in [5, 5.41) is 15.2. The van der Waals surface area contributed by atoms with Gasteiger partial charge in [-0.3, -0.25) is 0 Å². The summed E-state index contributed by atoms with van der Waals surface area (Å²) in [5.41, 5.74) is 5.34. The second-order valence-corrected chi connectivity index (χ2v) is 10.1. The first-order valence-electron chi connectivity index (χ1n) is 12.4. The Hall–Kier alpha value is -4.04. The van der Waals surface area contributed by atoms with E-state index in [1.54, 1.807) is 4.68 Å². The molecular weight excluding hydrogens is 466 g/mol. The number of tetrazole rings is 1. The highest BCUT2D eigenvalue weighted by molar-refractivity contribution is 5.79. The lowest BCUT2D eigenvalue weighted by atomic mass is 9.98.